The van der Waals surface area contributed by atoms with E-state index in [1.165, 1.54) is 57.8 Å². The van der Waals surface area contributed by atoms with Crippen LogP contribution in [0.3, 0.4) is 0 Å². The fourth-order valence-electron chi connectivity index (χ4n) is 6.21. The van der Waals surface area contributed by atoms with Gasteiger partial charge in [0.05, 0.1) is 6.42 Å². The van der Waals surface area contributed by atoms with E-state index in [2.05, 4.69) is 118 Å². The minimum atomic E-state index is -0.833. The van der Waals surface area contributed by atoms with Gasteiger partial charge in [-0.3, -0.25) is 14.4 Å². The Morgan fingerprint density at radius 1 is 0.361 bits per heavy atom. The molecule has 0 amide bonds. The molecule has 0 aromatic carbocycles. The summed E-state index contributed by atoms with van der Waals surface area (Å²) in [7, 11) is 0. The van der Waals surface area contributed by atoms with Gasteiger partial charge in [-0.1, -0.05) is 207 Å². The van der Waals surface area contributed by atoms with Gasteiger partial charge in [-0.25, -0.2) is 0 Å². The van der Waals surface area contributed by atoms with Crippen LogP contribution in [-0.4, -0.2) is 37.2 Å². The molecule has 0 bridgehead atoms. The monoisotopic (exact) mass is 845 g/mol. The molecule has 61 heavy (non-hydrogen) atoms. The highest BCUT2D eigenvalue weighted by Gasteiger charge is 2.19. The van der Waals surface area contributed by atoms with Crippen molar-refractivity contribution in [3.63, 3.8) is 0 Å². The number of ether oxygens (including phenoxy) is 3. The largest absolute Gasteiger partial charge is 0.462 e. The summed E-state index contributed by atoms with van der Waals surface area (Å²) in [5, 5.41) is 0. The lowest BCUT2D eigenvalue weighted by Crippen LogP contribution is -2.30. The van der Waals surface area contributed by atoms with E-state index in [0.717, 1.165) is 103 Å². The summed E-state index contributed by atoms with van der Waals surface area (Å²) in [6, 6.07) is 0. The molecule has 0 aliphatic carbocycles. The second kappa shape index (κ2) is 48.7. The first-order chi connectivity index (χ1) is 30.0. The summed E-state index contributed by atoms with van der Waals surface area (Å²) in [6.07, 6.45) is 65.4. The molecule has 0 N–H and O–H groups in total. The van der Waals surface area contributed by atoms with Crippen molar-refractivity contribution in [1.29, 1.82) is 0 Å². The summed E-state index contributed by atoms with van der Waals surface area (Å²) in [5.74, 6) is -1.07. The zero-order valence-corrected chi connectivity index (χ0v) is 39.1. The molecule has 0 radical (unpaired) electrons. The van der Waals surface area contributed by atoms with Crippen LogP contribution in [0, 0.1) is 0 Å². The van der Waals surface area contributed by atoms with Gasteiger partial charge in [0, 0.05) is 12.8 Å². The van der Waals surface area contributed by atoms with Crippen LogP contribution in [0.2, 0.25) is 0 Å². The van der Waals surface area contributed by atoms with Crippen molar-refractivity contribution in [2.75, 3.05) is 13.2 Å². The Labute approximate surface area is 374 Å². The molecule has 0 fully saturated rings. The Kier molecular flexibility index (Phi) is 45.6. The maximum absolute atomic E-state index is 12.7. The van der Waals surface area contributed by atoms with Gasteiger partial charge in [-0.2, -0.15) is 0 Å². The van der Waals surface area contributed by atoms with Crippen molar-refractivity contribution < 1.29 is 28.6 Å². The van der Waals surface area contributed by atoms with Gasteiger partial charge >= 0.3 is 17.9 Å². The van der Waals surface area contributed by atoms with Crippen molar-refractivity contribution in [3.05, 3.63) is 109 Å². The molecule has 0 aromatic rings. The molecule has 0 saturated carbocycles. The molecule has 0 heterocycles. The predicted molar refractivity (Wildman–Crippen MR) is 260 cm³/mol. The van der Waals surface area contributed by atoms with Gasteiger partial charge in [0.15, 0.2) is 6.10 Å². The van der Waals surface area contributed by atoms with Crippen LogP contribution in [0.15, 0.2) is 109 Å². The third kappa shape index (κ3) is 47.0. The highest BCUT2D eigenvalue weighted by molar-refractivity contribution is 5.72. The van der Waals surface area contributed by atoms with E-state index < -0.39 is 12.1 Å². The van der Waals surface area contributed by atoms with E-state index in [1.54, 1.807) is 6.08 Å². The average molecular weight is 845 g/mol. The van der Waals surface area contributed by atoms with E-state index in [1.807, 2.05) is 6.08 Å². The number of esters is 3. The number of hydrogen-bond donors (Lipinski definition) is 0. The lowest BCUT2D eigenvalue weighted by Gasteiger charge is -2.18. The van der Waals surface area contributed by atoms with Crippen LogP contribution in [0.4, 0.5) is 0 Å². The van der Waals surface area contributed by atoms with Crippen LogP contribution in [-0.2, 0) is 28.6 Å². The van der Waals surface area contributed by atoms with Gasteiger partial charge in [-0.05, 0) is 83.5 Å². The molecule has 0 aliphatic rings. The van der Waals surface area contributed by atoms with Crippen molar-refractivity contribution in [1.82, 2.24) is 0 Å². The number of carbonyl (C=O) groups excluding carboxylic acids is 3. The van der Waals surface area contributed by atoms with Crippen LogP contribution < -0.4 is 0 Å². The average Bonchev–Trinajstić information content (AvgIpc) is 3.26. The van der Waals surface area contributed by atoms with E-state index >= 15 is 0 Å². The lowest BCUT2D eigenvalue weighted by molar-refractivity contribution is -0.166. The summed E-state index contributed by atoms with van der Waals surface area (Å²) in [4.78, 5) is 37.7. The standard InChI is InChI=1S/C55H88O6/c1-4-7-10-13-16-18-20-22-24-25-26-27-28-29-31-32-34-36-39-42-45-48-54(57)60-51-52(50-59-53(56)47-44-41-38-15-12-9-6-3)61-55(58)49-46-43-40-37-35-33-30-23-21-19-17-14-11-8-5-2/h7-8,10-11,16-19,22-24,26-27,30,35,37,43,46,52H,4-6,9,12-15,20-21,25,28-29,31-34,36,38-42,44-45,47-51H2,1-3H3/b10-7-,11-8-,18-16-,19-17-,24-22-,27-26-,30-23-,37-35-,46-43-. The van der Waals surface area contributed by atoms with Crippen molar-refractivity contribution in [3.8, 4) is 0 Å². The molecule has 0 saturated heterocycles. The topological polar surface area (TPSA) is 78.9 Å². The SMILES string of the molecule is CC/C=C\C/C=C\C/C=C\C/C=C\C/C=C\CC(=O)OC(COC(=O)CCCCCCCCC)COC(=O)CCCCCCCCCC/C=C\C/C=C\C/C=C\C/C=C\CC. The maximum Gasteiger partial charge on any atom is 0.310 e. The highest BCUT2D eigenvalue weighted by atomic mass is 16.6. The Balaban J connectivity index is 4.39. The number of carbonyl (C=O) groups is 3. The molecule has 344 valence electrons. The molecule has 1 atom stereocenters. The summed E-state index contributed by atoms with van der Waals surface area (Å²) < 4.78 is 16.6. The third-order valence-electron chi connectivity index (χ3n) is 9.81. The molecule has 0 aliphatic heterocycles. The Morgan fingerprint density at radius 2 is 0.689 bits per heavy atom. The van der Waals surface area contributed by atoms with Crippen molar-refractivity contribution >= 4 is 17.9 Å². The number of allylic oxidation sites excluding steroid dienone is 17. The molecule has 6 heteroatoms. The fourth-order valence-corrected chi connectivity index (χ4v) is 6.21. The van der Waals surface area contributed by atoms with Crippen LogP contribution in [0.25, 0.3) is 0 Å². The first-order valence-electron chi connectivity index (χ1n) is 24.4. The fraction of sp³-hybridized carbons (Fsp3) is 0.618. The van der Waals surface area contributed by atoms with Gasteiger partial charge in [0.2, 0.25) is 0 Å². The van der Waals surface area contributed by atoms with E-state index in [9.17, 15) is 14.4 Å². The Morgan fingerprint density at radius 3 is 1.08 bits per heavy atom. The van der Waals surface area contributed by atoms with E-state index in [-0.39, 0.29) is 31.6 Å². The molecule has 0 aromatic heterocycles. The maximum atomic E-state index is 12.7. The highest BCUT2D eigenvalue weighted by Crippen LogP contribution is 2.13. The minimum Gasteiger partial charge on any atom is -0.462 e. The number of hydrogen-bond acceptors (Lipinski definition) is 6. The van der Waals surface area contributed by atoms with Crippen LogP contribution in [0.1, 0.15) is 201 Å². The minimum absolute atomic E-state index is 0.0925. The molecular weight excluding hydrogens is 757 g/mol. The number of unbranched alkanes of at least 4 members (excludes halogenated alkanes) is 14. The molecular formula is C55H88O6. The van der Waals surface area contributed by atoms with E-state index in [0.29, 0.717) is 12.8 Å². The molecule has 1 unspecified atom stereocenters. The van der Waals surface area contributed by atoms with Crippen LogP contribution >= 0.6 is 0 Å². The van der Waals surface area contributed by atoms with Gasteiger partial charge < -0.3 is 14.2 Å². The molecule has 0 spiro atoms. The number of rotatable bonds is 42. The van der Waals surface area contributed by atoms with Gasteiger partial charge in [0.25, 0.3) is 0 Å². The predicted octanol–water partition coefficient (Wildman–Crippen LogP) is 16.0. The smallest absolute Gasteiger partial charge is 0.310 e. The quantitative estimate of drug-likeness (QED) is 0.0264. The Hall–Kier alpha value is -3.93. The first kappa shape index (κ1) is 57.1. The zero-order valence-electron chi connectivity index (χ0n) is 39.1. The second-order valence-electron chi connectivity index (χ2n) is 15.6. The summed E-state index contributed by atoms with van der Waals surface area (Å²) in [6.45, 7) is 6.25. The van der Waals surface area contributed by atoms with Crippen LogP contribution in [0.5, 0.6) is 0 Å². The zero-order chi connectivity index (χ0) is 44.4. The first-order valence-corrected chi connectivity index (χ1v) is 24.4. The summed E-state index contributed by atoms with van der Waals surface area (Å²) in [5.41, 5.74) is 0. The Bertz CT molecular complexity index is 1290. The molecule has 6 nitrogen and oxygen atoms in total. The summed E-state index contributed by atoms with van der Waals surface area (Å²) >= 11 is 0. The second-order valence-corrected chi connectivity index (χ2v) is 15.6. The molecule has 0 rings (SSSR count). The van der Waals surface area contributed by atoms with Gasteiger partial charge in [-0.15, -0.1) is 0 Å². The normalized spacial score (nSPS) is 13.0. The van der Waals surface area contributed by atoms with Crippen molar-refractivity contribution in [2.24, 2.45) is 0 Å². The van der Waals surface area contributed by atoms with E-state index in [4.69, 9.17) is 14.2 Å². The lowest BCUT2D eigenvalue weighted by atomic mass is 10.1. The van der Waals surface area contributed by atoms with Gasteiger partial charge in [0.1, 0.15) is 13.2 Å². The van der Waals surface area contributed by atoms with Crippen molar-refractivity contribution in [2.45, 2.75) is 207 Å². The third-order valence-corrected chi connectivity index (χ3v) is 9.81.